The molecule has 1 aliphatic heterocycles. The Labute approximate surface area is 140 Å². The summed E-state index contributed by atoms with van der Waals surface area (Å²) in [6.07, 6.45) is 1.59. The SMILES string of the molecule is O=C(CN1C(=O)COc2cc(Br)ccc21)NC(C(=O)O)C1CC1. The molecule has 2 N–H and O–H groups in total. The molecule has 8 heteroatoms. The van der Waals surface area contributed by atoms with Crippen LogP contribution in [-0.4, -0.2) is 42.1 Å². The monoisotopic (exact) mass is 382 g/mol. The second-order valence-electron chi connectivity index (χ2n) is 5.60. The minimum atomic E-state index is -1.04. The number of hydrogen-bond donors (Lipinski definition) is 2. The molecular weight excluding hydrogens is 368 g/mol. The molecule has 1 aromatic rings. The van der Waals surface area contributed by atoms with Gasteiger partial charge in [0.15, 0.2) is 6.61 Å². The van der Waals surface area contributed by atoms with Crippen molar-refractivity contribution in [3.8, 4) is 5.75 Å². The smallest absolute Gasteiger partial charge is 0.326 e. The Morgan fingerprint density at radius 3 is 2.83 bits per heavy atom. The molecule has 0 aromatic heterocycles. The molecule has 1 heterocycles. The highest BCUT2D eigenvalue weighted by Crippen LogP contribution is 2.35. The van der Waals surface area contributed by atoms with E-state index in [0.717, 1.165) is 17.3 Å². The summed E-state index contributed by atoms with van der Waals surface area (Å²) >= 11 is 3.32. The minimum Gasteiger partial charge on any atom is -0.482 e. The number of amides is 2. The lowest BCUT2D eigenvalue weighted by Gasteiger charge is -2.29. The summed E-state index contributed by atoms with van der Waals surface area (Å²) in [5.74, 6) is -1.39. The fourth-order valence-electron chi connectivity index (χ4n) is 2.53. The van der Waals surface area contributed by atoms with E-state index in [1.807, 2.05) is 0 Å². The lowest BCUT2D eigenvalue weighted by atomic mass is 10.2. The van der Waals surface area contributed by atoms with Crippen molar-refractivity contribution in [1.82, 2.24) is 5.32 Å². The lowest BCUT2D eigenvalue weighted by molar-refractivity contribution is -0.142. The first-order chi connectivity index (χ1) is 11.0. The van der Waals surface area contributed by atoms with Crippen LogP contribution in [0.25, 0.3) is 0 Å². The number of fused-ring (bicyclic) bond motifs is 1. The Hall–Kier alpha value is -2.09. The van der Waals surface area contributed by atoms with E-state index in [9.17, 15) is 14.4 Å². The third kappa shape index (κ3) is 3.47. The Kier molecular flexibility index (Phi) is 4.25. The lowest BCUT2D eigenvalue weighted by Crippen LogP contribution is -2.49. The van der Waals surface area contributed by atoms with Gasteiger partial charge in [-0.2, -0.15) is 0 Å². The van der Waals surface area contributed by atoms with Gasteiger partial charge in [0.25, 0.3) is 5.91 Å². The van der Waals surface area contributed by atoms with E-state index in [1.165, 1.54) is 4.90 Å². The summed E-state index contributed by atoms with van der Waals surface area (Å²) in [4.78, 5) is 36.7. The summed E-state index contributed by atoms with van der Waals surface area (Å²) in [7, 11) is 0. The molecule has 1 aromatic carbocycles. The summed E-state index contributed by atoms with van der Waals surface area (Å²) in [6, 6.07) is 4.26. The first-order valence-electron chi connectivity index (χ1n) is 7.20. The average molecular weight is 383 g/mol. The summed E-state index contributed by atoms with van der Waals surface area (Å²) in [5, 5.41) is 11.7. The maximum Gasteiger partial charge on any atom is 0.326 e. The number of nitrogens with zero attached hydrogens (tertiary/aromatic N) is 1. The van der Waals surface area contributed by atoms with Crippen LogP contribution < -0.4 is 15.0 Å². The summed E-state index contributed by atoms with van der Waals surface area (Å²) in [6.45, 7) is -0.380. The zero-order valence-corrected chi connectivity index (χ0v) is 13.7. The zero-order chi connectivity index (χ0) is 16.6. The maximum absolute atomic E-state index is 12.2. The topological polar surface area (TPSA) is 95.9 Å². The molecule has 1 fully saturated rings. The highest BCUT2D eigenvalue weighted by molar-refractivity contribution is 9.10. The normalized spacial score (nSPS) is 18.0. The van der Waals surface area contributed by atoms with Gasteiger partial charge in [-0.3, -0.25) is 14.5 Å². The predicted octanol–water partition coefficient (Wildman–Crippen LogP) is 1.15. The van der Waals surface area contributed by atoms with E-state index in [-0.39, 0.29) is 25.0 Å². The number of hydrogen-bond acceptors (Lipinski definition) is 4. The van der Waals surface area contributed by atoms with Crippen LogP contribution in [0.3, 0.4) is 0 Å². The fraction of sp³-hybridized carbons (Fsp3) is 0.400. The van der Waals surface area contributed by atoms with E-state index >= 15 is 0 Å². The van der Waals surface area contributed by atoms with E-state index in [1.54, 1.807) is 18.2 Å². The van der Waals surface area contributed by atoms with E-state index in [4.69, 9.17) is 9.84 Å². The number of rotatable bonds is 5. The highest BCUT2D eigenvalue weighted by Gasteiger charge is 2.38. The van der Waals surface area contributed by atoms with Crippen molar-refractivity contribution in [3.05, 3.63) is 22.7 Å². The van der Waals surface area contributed by atoms with E-state index in [2.05, 4.69) is 21.2 Å². The van der Waals surface area contributed by atoms with Gasteiger partial charge < -0.3 is 15.2 Å². The molecule has 122 valence electrons. The van der Waals surface area contributed by atoms with Crippen LogP contribution in [0, 0.1) is 5.92 Å². The third-order valence-electron chi connectivity index (χ3n) is 3.84. The minimum absolute atomic E-state index is 0.0138. The Morgan fingerprint density at radius 1 is 1.43 bits per heavy atom. The van der Waals surface area contributed by atoms with Crippen LogP contribution in [0.4, 0.5) is 5.69 Å². The number of halogens is 1. The van der Waals surface area contributed by atoms with Crippen LogP contribution in [0.5, 0.6) is 5.75 Å². The molecule has 1 aliphatic carbocycles. The number of aliphatic carboxylic acids is 1. The van der Waals surface area contributed by atoms with Gasteiger partial charge in [0.05, 0.1) is 5.69 Å². The van der Waals surface area contributed by atoms with E-state index < -0.39 is 17.9 Å². The molecule has 0 saturated heterocycles. The molecule has 1 saturated carbocycles. The van der Waals surface area contributed by atoms with Crippen molar-refractivity contribution >= 4 is 39.4 Å². The Bertz CT molecular complexity index is 674. The van der Waals surface area contributed by atoms with Gasteiger partial charge in [0.1, 0.15) is 18.3 Å². The van der Waals surface area contributed by atoms with Crippen LogP contribution in [0.1, 0.15) is 12.8 Å². The number of ether oxygens (including phenoxy) is 1. The Balaban J connectivity index is 1.73. The predicted molar refractivity (Wildman–Crippen MR) is 84.3 cm³/mol. The molecular formula is C15H15BrN2O5. The molecule has 7 nitrogen and oxygen atoms in total. The van der Waals surface area contributed by atoms with Gasteiger partial charge in [-0.1, -0.05) is 15.9 Å². The molecule has 2 amide bonds. The fourth-order valence-corrected chi connectivity index (χ4v) is 2.87. The number of nitrogens with one attached hydrogen (secondary N) is 1. The second kappa shape index (κ2) is 6.19. The van der Waals surface area contributed by atoms with Crippen LogP contribution >= 0.6 is 15.9 Å². The second-order valence-corrected chi connectivity index (χ2v) is 6.52. The maximum atomic E-state index is 12.2. The molecule has 1 atom stereocenters. The van der Waals surface area contributed by atoms with Crippen molar-refractivity contribution < 1.29 is 24.2 Å². The molecule has 0 radical (unpaired) electrons. The quantitative estimate of drug-likeness (QED) is 0.796. The van der Waals surface area contributed by atoms with Gasteiger partial charge in [-0.15, -0.1) is 0 Å². The molecule has 0 bridgehead atoms. The number of carbonyl (C=O) groups excluding carboxylic acids is 2. The summed E-state index contributed by atoms with van der Waals surface area (Å²) in [5.41, 5.74) is 0.498. The van der Waals surface area contributed by atoms with Crippen LogP contribution in [0.15, 0.2) is 22.7 Å². The van der Waals surface area contributed by atoms with Crippen molar-refractivity contribution in [2.75, 3.05) is 18.1 Å². The number of benzene rings is 1. The largest absolute Gasteiger partial charge is 0.482 e. The molecule has 23 heavy (non-hydrogen) atoms. The Morgan fingerprint density at radius 2 is 2.17 bits per heavy atom. The third-order valence-corrected chi connectivity index (χ3v) is 4.34. The first-order valence-corrected chi connectivity index (χ1v) is 8.00. The van der Waals surface area contributed by atoms with Gasteiger partial charge >= 0.3 is 5.97 Å². The zero-order valence-electron chi connectivity index (χ0n) is 12.1. The van der Waals surface area contributed by atoms with Crippen molar-refractivity contribution in [2.45, 2.75) is 18.9 Å². The molecule has 3 rings (SSSR count). The van der Waals surface area contributed by atoms with Crippen LogP contribution in [-0.2, 0) is 14.4 Å². The van der Waals surface area contributed by atoms with Crippen molar-refractivity contribution in [2.24, 2.45) is 5.92 Å². The van der Waals surface area contributed by atoms with Gasteiger partial charge in [0, 0.05) is 4.47 Å². The van der Waals surface area contributed by atoms with Crippen molar-refractivity contribution in [3.63, 3.8) is 0 Å². The van der Waals surface area contributed by atoms with Crippen LogP contribution in [0.2, 0.25) is 0 Å². The molecule has 0 spiro atoms. The molecule has 1 unspecified atom stereocenters. The number of anilines is 1. The summed E-state index contributed by atoms with van der Waals surface area (Å²) < 4.78 is 6.15. The number of carboxylic acid groups (broad SMARTS) is 1. The highest BCUT2D eigenvalue weighted by atomic mass is 79.9. The standard InChI is InChI=1S/C15H15BrN2O5/c16-9-3-4-10-11(5-9)23-7-13(20)18(10)6-12(19)17-14(15(21)22)8-1-2-8/h3-5,8,14H,1-2,6-7H2,(H,17,19)(H,21,22). The van der Waals surface area contributed by atoms with Crippen molar-refractivity contribution in [1.29, 1.82) is 0 Å². The number of carbonyl (C=O) groups is 3. The average Bonchev–Trinajstić information content (AvgIpc) is 3.32. The van der Waals surface area contributed by atoms with Gasteiger partial charge in [-0.25, -0.2) is 4.79 Å². The number of carboxylic acids is 1. The van der Waals surface area contributed by atoms with Gasteiger partial charge in [0.2, 0.25) is 5.91 Å². The first kappa shape index (κ1) is 15.8. The van der Waals surface area contributed by atoms with E-state index in [0.29, 0.717) is 11.4 Å². The molecule has 2 aliphatic rings. The van der Waals surface area contributed by atoms with Gasteiger partial charge in [-0.05, 0) is 37.0 Å².